The summed E-state index contributed by atoms with van der Waals surface area (Å²) in [6.07, 6.45) is 12.1. The first kappa shape index (κ1) is 14.6. The van der Waals surface area contributed by atoms with E-state index in [4.69, 9.17) is 0 Å². The molecular formula is C16H18N2O. The second-order valence-corrected chi connectivity index (χ2v) is 3.90. The molecular weight excluding hydrogens is 236 g/mol. The van der Waals surface area contributed by atoms with Crippen LogP contribution in [0.3, 0.4) is 0 Å². The summed E-state index contributed by atoms with van der Waals surface area (Å²) < 4.78 is 0. The summed E-state index contributed by atoms with van der Waals surface area (Å²) in [6.45, 7) is 10.9. The van der Waals surface area contributed by atoms with Crippen molar-refractivity contribution in [2.75, 3.05) is 0 Å². The standard InChI is InChI=1S/C16H18N2O/c1-5-8-10-13(9-6-2)16-17-11-14(18-16)15(19)12(4)7-3/h5-11H,1-2H2,3-4H3,(H,17,18)/b10-8-,12-7+,13-9+. The number of aromatic nitrogens is 2. The van der Waals surface area contributed by atoms with E-state index in [1.807, 2.05) is 19.1 Å². The summed E-state index contributed by atoms with van der Waals surface area (Å²) in [7, 11) is 0. The molecule has 0 saturated heterocycles. The Kier molecular flexibility index (Phi) is 5.48. The van der Waals surface area contributed by atoms with Gasteiger partial charge >= 0.3 is 0 Å². The maximum absolute atomic E-state index is 12.0. The molecule has 1 rings (SSSR count). The van der Waals surface area contributed by atoms with Gasteiger partial charge in [0.1, 0.15) is 11.5 Å². The molecule has 0 spiro atoms. The van der Waals surface area contributed by atoms with E-state index in [0.717, 1.165) is 5.57 Å². The van der Waals surface area contributed by atoms with Crippen LogP contribution in [-0.2, 0) is 0 Å². The SMILES string of the molecule is C=C/C=C\C(=C/C=C)c1ncc(C(=O)/C(C)=C/C)[nH]1. The van der Waals surface area contributed by atoms with Gasteiger partial charge in [-0.1, -0.05) is 49.6 Å². The molecule has 0 aromatic carbocycles. The zero-order valence-corrected chi connectivity index (χ0v) is 11.3. The van der Waals surface area contributed by atoms with Crippen LogP contribution in [0.1, 0.15) is 30.2 Å². The van der Waals surface area contributed by atoms with E-state index in [9.17, 15) is 4.79 Å². The molecule has 1 aromatic heterocycles. The largest absolute Gasteiger partial charge is 0.335 e. The van der Waals surface area contributed by atoms with Gasteiger partial charge in [0, 0.05) is 5.57 Å². The first-order chi connectivity index (χ1) is 9.13. The van der Waals surface area contributed by atoms with E-state index in [1.165, 1.54) is 0 Å². The van der Waals surface area contributed by atoms with E-state index < -0.39 is 0 Å². The number of ketones is 1. The topological polar surface area (TPSA) is 45.8 Å². The minimum Gasteiger partial charge on any atom is -0.335 e. The Balaban J connectivity index is 3.10. The highest BCUT2D eigenvalue weighted by Gasteiger charge is 2.11. The first-order valence-corrected chi connectivity index (χ1v) is 5.98. The van der Waals surface area contributed by atoms with E-state index in [2.05, 4.69) is 23.1 Å². The molecule has 1 aromatic rings. The third-order valence-corrected chi connectivity index (χ3v) is 2.59. The molecule has 0 saturated carbocycles. The number of Topliss-reactive ketones (excluding diaryl/α,β-unsaturated/α-hetero) is 1. The van der Waals surface area contributed by atoms with E-state index in [0.29, 0.717) is 17.1 Å². The normalized spacial score (nSPS) is 12.7. The van der Waals surface area contributed by atoms with Gasteiger partial charge in [-0.15, -0.1) is 0 Å². The minimum absolute atomic E-state index is 0.0492. The highest BCUT2D eigenvalue weighted by Crippen LogP contribution is 2.14. The van der Waals surface area contributed by atoms with Crippen molar-refractivity contribution in [2.24, 2.45) is 0 Å². The Labute approximate surface area is 113 Å². The fourth-order valence-corrected chi connectivity index (χ4v) is 1.44. The third-order valence-electron chi connectivity index (χ3n) is 2.59. The summed E-state index contributed by atoms with van der Waals surface area (Å²) in [5.41, 5.74) is 2.01. The first-order valence-electron chi connectivity index (χ1n) is 5.98. The average Bonchev–Trinajstić information content (AvgIpc) is 2.91. The Morgan fingerprint density at radius 2 is 2.11 bits per heavy atom. The van der Waals surface area contributed by atoms with E-state index >= 15 is 0 Å². The van der Waals surface area contributed by atoms with Crippen LogP contribution in [0.5, 0.6) is 0 Å². The van der Waals surface area contributed by atoms with Gasteiger partial charge < -0.3 is 4.98 Å². The van der Waals surface area contributed by atoms with Gasteiger partial charge in [0.25, 0.3) is 0 Å². The van der Waals surface area contributed by atoms with Gasteiger partial charge in [-0.05, 0) is 19.4 Å². The molecule has 1 heterocycles. The van der Waals surface area contributed by atoms with Crippen LogP contribution in [0.2, 0.25) is 0 Å². The van der Waals surface area contributed by atoms with Crippen molar-refractivity contribution in [3.63, 3.8) is 0 Å². The summed E-state index contributed by atoms with van der Waals surface area (Å²) >= 11 is 0. The molecule has 0 radical (unpaired) electrons. The summed E-state index contributed by atoms with van der Waals surface area (Å²) in [5, 5.41) is 0. The van der Waals surface area contributed by atoms with Crippen LogP contribution < -0.4 is 0 Å². The molecule has 0 aliphatic heterocycles. The van der Waals surface area contributed by atoms with Gasteiger partial charge in [0.05, 0.1) is 6.20 Å². The lowest BCUT2D eigenvalue weighted by atomic mass is 10.1. The zero-order valence-electron chi connectivity index (χ0n) is 11.3. The van der Waals surface area contributed by atoms with Crippen LogP contribution in [0.25, 0.3) is 5.57 Å². The predicted octanol–water partition coefficient (Wildman–Crippen LogP) is 3.87. The molecule has 3 nitrogen and oxygen atoms in total. The number of hydrogen-bond donors (Lipinski definition) is 1. The molecule has 0 unspecified atom stereocenters. The second kappa shape index (κ2) is 7.11. The molecule has 0 fully saturated rings. The molecule has 1 N–H and O–H groups in total. The number of aromatic amines is 1. The number of imidazole rings is 1. The second-order valence-electron chi connectivity index (χ2n) is 3.90. The molecule has 0 bridgehead atoms. The van der Waals surface area contributed by atoms with Gasteiger partial charge in [-0.3, -0.25) is 4.79 Å². The fraction of sp³-hybridized carbons (Fsp3) is 0.125. The van der Waals surface area contributed by atoms with Crippen LogP contribution >= 0.6 is 0 Å². The zero-order chi connectivity index (χ0) is 14.3. The maximum atomic E-state index is 12.0. The van der Waals surface area contributed by atoms with Crippen LogP contribution in [0, 0.1) is 0 Å². The van der Waals surface area contributed by atoms with Crippen molar-refractivity contribution >= 4 is 11.4 Å². The Morgan fingerprint density at radius 1 is 1.37 bits per heavy atom. The molecule has 0 amide bonds. The van der Waals surface area contributed by atoms with Crippen LogP contribution in [0.4, 0.5) is 0 Å². The smallest absolute Gasteiger partial charge is 0.206 e. The van der Waals surface area contributed by atoms with Crippen molar-refractivity contribution in [1.82, 2.24) is 9.97 Å². The highest BCUT2D eigenvalue weighted by molar-refractivity contribution is 6.07. The minimum atomic E-state index is -0.0492. The van der Waals surface area contributed by atoms with Gasteiger partial charge in [0.2, 0.25) is 5.78 Å². The van der Waals surface area contributed by atoms with Crippen LogP contribution in [0.15, 0.2) is 61.4 Å². The highest BCUT2D eigenvalue weighted by atomic mass is 16.1. The van der Waals surface area contributed by atoms with Crippen molar-refractivity contribution in [2.45, 2.75) is 13.8 Å². The predicted molar refractivity (Wildman–Crippen MR) is 79.9 cm³/mol. The molecule has 98 valence electrons. The van der Waals surface area contributed by atoms with Crippen molar-refractivity contribution < 1.29 is 4.79 Å². The molecule has 0 atom stereocenters. The maximum Gasteiger partial charge on any atom is 0.206 e. The van der Waals surface area contributed by atoms with E-state index in [-0.39, 0.29) is 5.78 Å². The number of hydrogen-bond acceptors (Lipinski definition) is 2. The van der Waals surface area contributed by atoms with Gasteiger partial charge in [0.15, 0.2) is 0 Å². The van der Waals surface area contributed by atoms with Crippen molar-refractivity contribution in [3.05, 3.63) is 72.9 Å². The molecule has 19 heavy (non-hydrogen) atoms. The summed E-state index contributed by atoms with van der Waals surface area (Å²) in [6, 6.07) is 0. The number of rotatable bonds is 6. The van der Waals surface area contributed by atoms with Gasteiger partial charge in [-0.2, -0.15) is 0 Å². The van der Waals surface area contributed by atoms with Crippen LogP contribution in [-0.4, -0.2) is 15.8 Å². The summed E-state index contributed by atoms with van der Waals surface area (Å²) in [4.78, 5) is 19.2. The molecule has 0 aliphatic rings. The Hall–Kier alpha value is -2.42. The average molecular weight is 254 g/mol. The third kappa shape index (κ3) is 3.78. The lowest BCUT2D eigenvalue weighted by Crippen LogP contribution is -2.00. The quantitative estimate of drug-likeness (QED) is 0.476. The molecule has 3 heteroatoms. The number of H-pyrrole nitrogens is 1. The van der Waals surface area contributed by atoms with Crippen molar-refractivity contribution in [1.29, 1.82) is 0 Å². The van der Waals surface area contributed by atoms with Crippen molar-refractivity contribution in [3.8, 4) is 0 Å². The lowest BCUT2D eigenvalue weighted by Gasteiger charge is -1.97. The van der Waals surface area contributed by atoms with Gasteiger partial charge in [-0.25, -0.2) is 4.98 Å². The van der Waals surface area contributed by atoms with E-state index in [1.54, 1.807) is 37.4 Å². The number of carbonyl (C=O) groups excluding carboxylic acids is 1. The summed E-state index contributed by atoms with van der Waals surface area (Å²) in [5.74, 6) is 0.581. The lowest BCUT2D eigenvalue weighted by molar-refractivity contribution is 0.103. The number of carbonyl (C=O) groups is 1. The number of nitrogens with one attached hydrogen (secondary N) is 1. The molecule has 0 aliphatic carbocycles. The number of allylic oxidation sites excluding steroid dienone is 8. The number of nitrogens with zero attached hydrogens (tertiary/aromatic N) is 1. The Bertz CT molecular complexity index is 571. The monoisotopic (exact) mass is 254 g/mol. The fourth-order valence-electron chi connectivity index (χ4n) is 1.44. The Morgan fingerprint density at radius 3 is 2.68 bits per heavy atom.